The van der Waals surface area contributed by atoms with Crippen LogP contribution >= 0.6 is 23.2 Å². The van der Waals surface area contributed by atoms with Crippen LogP contribution in [-0.4, -0.2) is 18.5 Å². The number of ether oxygens (including phenoxy) is 2. The van der Waals surface area contributed by atoms with Crippen molar-refractivity contribution in [1.29, 1.82) is 0 Å². The number of rotatable bonds is 12. The number of hydrogen-bond acceptors (Lipinski definition) is 4. The number of esters is 2. The van der Waals surface area contributed by atoms with Crippen molar-refractivity contribution in [3.8, 4) is 5.75 Å². The topological polar surface area (TPSA) is 52.6 Å². The Morgan fingerprint density at radius 3 is 2.19 bits per heavy atom. The van der Waals surface area contributed by atoms with Gasteiger partial charge < -0.3 is 9.47 Å². The number of benzene rings is 1. The first-order valence-electron chi connectivity index (χ1n) is 9.75. The first-order valence-corrected chi connectivity index (χ1v) is 10.5. The van der Waals surface area contributed by atoms with Crippen molar-refractivity contribution < 1.29 is 19.1 Å². The van der Waals surface area contributed by atoms with E-state index in [9.17, 15) is 9.59 Å². The predicted octanol–water partition coefficient (Wildman–Crippen LogP) is 6.61. The smallest absolute Gasteiger partial charge is 0.328 e. The van der Waals surface area contributed by atoms with Crippen LogP contribution in [0.2, 0.25) is 10.0 Å². The molecule has 0 aliphatic heterocycles. The van der Waals surface area contributed by atoms with Gasteiger partial charge in [0.05, 0.1) is 11.6 Å². The van der Waals surface area contributed by atoms with Crippen LogP contribution in [0.15, 0.2) is 18.2 Å². The minimum absolute atomic E-state index is 0.143. The van der Waals surface area contributed by atoms with Gasteiger partial charge in [-0.2, -0.15) is 0 Å². The summed E-state index contributed by atoms with van der Waals surface area (Å²) in [5, 5.41) is 0.653. The van der Waals surface area contributed by atoms with Crippen LogP contribution in [0.1, 0.15) is 72.1 Å². The normalized spacial score (nSPS) is 11.3. The SMILES string of the molecule is CCCCCCCCOC(=O)C(CC)(CC)C(=O)Oc1cc(Cl)ccc1Cl. The molecule has 0 N–H and O–H groups in total. The third kappa shape index (κ3) is 7.00. The van der Waals surface area contributed by atoms with Crippen LogP contribution in [0.5, 0.6) is 5.75 Å². The van der Waals surface area contributed by atoms with E-state index in [1.54, 1.807) is 26.0 Å². The van der Waals surface area contributed by atoms with Gasteiger partial charge in [-0.3, -0.25) is 9.59 Å². The number of halogens is 2. The predicted molar refractivity (Wildman–Crippen MR) is 109 cm³/mol. The molecule has 1 aromatic carbocycles. The van der Waals surface area contributed by atoms with Crippen molar-refractivity contribution in [1.82, 2.24) is 0 Å². The molecule has 0 spiro atoms. The molecule has 0 bridgehead atoms. The molecule has 0 radical (unpaired) electrons. The highest BCUT2D eigenvalue weighted by molar-refractivity contribution is 6.34. The molecule has 27 heavy (non-hydrogen) atoms. The molecule has 0 saturated heterocycles. The van der Waals surface area contributed by atoms with Crippen LogP contribution in [0, 0.1) is 5.41 Å². The molecule has 0 aliphatic rings. The molecule has 1 rings (SSSR count). The zero-order valence-electron chi connectivity index (χ0n) is 16.5. The van der Waals surface area contributed by atoms with Crippen molar-refractivity contribution >= 4 is 35.1 Å². The van der Waals surface area contributed by atoms with Gasteiger partial charge in [0.25, 0.3) is 0 Å². The number of carbonyl (C=O) groups is 2. The minimum Gasteiger partial charge on any atom is -0.465 e. The molecule has 1 aromatic rings. The van der Waals surface area contributed by atoms with Crippen LogP contribution in [0.3, 0.4) is 0 Å². The second-order valence-electron chi connectivity index (χ2n) is 6.66. The highest BCUT2D eigenvalue weighted by Gasteiger charge is 2.46. The lowest BCUT2D eigenvalue weighted by Crippen LogP contribution is -2.42. The average molecular weight is 417 g/mol. The molecule has 152 valence electrons. The monoisotopic (exact) mass is 416 g/mol. The standard InChI is InChI=1S/C21H30Cl2O4/c1-4-7-8-9-10-11-14-26-19(24)21(5-2,6-3)20(25)27-18-15-16(22)12-13-17(18)23/h12-13,15H,4-11,14H2,1-3H3. The van der Waals surface area contributed by atoms with Crippen molar-refractivity contribution in [3.63, 3.8) is 0 Å². The zero-order valence-corrected chi connectivity index (χ0v) is 18.0. The van der Waals surface area contributed by atoms with E-state index < -0.39 is 17.4 Å². The molecule has 4 nitrogen and oxygen atoms in total. The molecular formula is C21H30Cl2O4. The number of hydrogen-bond donors (Lipinski definition) is 0. The fourth-order valence-corrected chi connectivity index (χ4v) is 3.17. The van der Waals surface area contributed by atoms with Crippen LogP contribution in [-0.2, 0) is 14.3 Å². The van der Waals surface area contributed by atoms with Crippen LogP contribution in [0.25, 0.3) is 0 Å². The molecule has 6 heteroatoms. The lowest BCUT2D eigenvalue weighted by atomic mass is 9.82. The van der Waals surface area contributed by atoms with Gasteiger partial charge in [-0.25, -0.2) is 0 Å². The zero-order chi connectivity index (χ0) is 20.3. The van der Waals surface area contributed by atoms with E-state index >= 15 is 0 Å². The van der Waals surface area contributed by atoms with Crippen LogP contribution in [0.4, 0.5) is 0 Å². The summed E-state index contributed by atoms with van der Waals surface area (Å²) in [6.45, 7) is 6.04. The van der Waals surface area contributed by atoms with Gasteiger partial charge in [-0.05, 0) is 31.4 Å². The fourth-order valence-electron chi connectivity index (χ4n) is 2.85. The average Bonchev–Trinajstić information content (AvgIpc) is 2.65. The number of carbonyl (C=O) groups excluding carboxylic acids is 2. The summed E-state index contributed by atoms with van der Waals surface area (Å²) >= 11 is 12.0. The van der Waals surface area contributed by atoms with E-state index in [-0.39, 0.29) is 23.6 Å². The van der Waals surface area contributed by atoms with Crippen molar-refractivity contribution in [2.75, 3.05) is 6.61 Å². The summed E-state index contributed by atoms with van der Waals surface area (Å²) in [4.78, 5) is 25.4. The molecule has 0 fully saturated rings. The lowest BCUT2D eigenvalue weighted by Gasteiger charge is -2.27. The summed E-state index contributed by atoms with van der Waals surface area (Å²) in [6.07, 6.45) is 7.15. The first-order chi connectivity index (χ1) is 12.9. The third-order valence-electron chi connectivity index (χ3n) is 4.82. The van der Waals surface area contributed by atoms with Gasteiger partial charge in [0.1, 0.15) is 0 Å². The largest absolute Gasteiger partial charge is 0.465 e. The summed E-state index contributed by atoms with van der Waals surface area (Å²) in [5.74, 6) is -1.06. The van der Waals surface area contributed by atoms with Crippen molar-refractivity contribution in [3.05, 3.63) is 28.2 Å². The van der Waals surface area contributed by atoms with E-state index in [1.165, 1.54) is 25.3 Å². The summed E-state index contributed by atoms with van der Waals surface area (Å²) < 4.78 is 10.8. The maximum absolute atomic E-state index is 12.8. The van der Waals surface area contributed by atoms with Gasteiger partial charge in [-0.15, -0.1) is 0 Å². The van der Waals surface area contributed by atoms with E-state index in [2.05, 4.69) is 6.92 Å². The van der Waals surface area contributed by atoms with Gasteiger partial charge in [0, 0.05) is 11.1 Å². The molecule has 0 aliphatic carbocycles. The van der Waals surface area contributed by atoms with Crippen molar-refractivity contribution in [2.24, 2.45) is 5.41 Å². The molecular weight excluding hydrogens is 387 g/mol. The molecule has 0 aromatic heterocycles. The van der Waals surface area contributed by atoms with E-state index in [0.717, 1.165) is 19.3 Å². The molecule has 0 heterocycles. The Labute approximate surface area is 172 Å². The van der Waals surface area contributed by atoms with Crippen molar-refractivity contribution in [2.45, 2.75) is 72.1 Å². The van der Waals surface area contributed by atoms with Gasteiger partial charge in [0.15, 0.2) is 11.2 Å². The quantitative estimate of drug-likeness (QED) is 0.166. The Balaban J connectivity index is 2.68. The Kier molecular flexibility index (Phi) is 10.8. The second kappa shape index (κ2) is 12.2. The summed E-state index contributed by atoms with van der Waals surface area (Å²) in [6, 6.07) is 4.60. The van der Waals surface area contributed by atoms with E-state index in [0.29, 0.717) is 11.6 Å². The summed E-state index contributed by atoms with van der Waals surface area (Å²) in [5.41, 5.74) is -1.34. The number of unbranched alkanes of at least 4 members (excludes halogenated alkanes) is 5. The minimum atomic E-state index is -1.34. The van der Waals surface area contributed by atoms with E-state index in [1.807, 2.05) is 0 Å². The molecule has 0 saturated carbocycles. The fraction of sp³-hybridized carbons (Fsp3) is 0.619. The molecule has 0 atom stereocenters. The van der Waals surface area contributed by atoms with Crippen LogP contribution < -0.4 is 4.74 Å². The van der Waals surface area contributed by atoms with Gasteiger partial charge in [0.2, 0.25) is 0 Å². The van der Waals surface area contributed by atoms with Gasteiger partial charge >= 0.3 is 11.9 Å². The van der Waals surface area contributed by atoms with Gasteiger partial charge in [-0.1, -0.05) is 76.1 Å². The Morgan fingerprint density at radius 1 is 0.926 bits per heavy atom. The second-order valence-corrected chi connectivity index (χ2v) is 7.50. The highest BCUT2D eigenvalue weighted by atomic mass is 35.5. The Hall–Kier alpha value is -1.26. The Morgan fingerprint density at radius 2 is 1.56 bits per heavy atom. The first kappa shape index (κ1) is 23.8. The molecule has 0 unspecified atom stereocenters. The lowest BCUT2D eigenvalue weighted by molar-refractivity contribution is -0.168. The Bertz CT molecular complexity index is 612. The molecule has 0 amide bonds. The maximum atomic E-state index is 12.8. The van der Waals surface area contributed by atoms with E-state index in [4.69, 9.17) is 32.7 Å². The third-order valence-corrected chi connectivity index (χ3v) is 5.36. The highest BCUT2D eigenvalue weighted by Crippen LogP contribution is 2.34. The summed E-state index contributed by atoms with van der Waals surface area (Å²) in [7, 11) is 0. The maximum Gasteiger partial charge on any atom is 0.328 e.